The third-order valence-electron chi connectivity index (χ3n) is 3.78. The van der Waals surface area contributed by atoms with Crippen molar-refractivity contribution in [2.24, 2.45) is 0 Å². The predicted molar refractivity (Wildman–Crippen MR) is 84.7 cm³/mol. The van der Waals surface area contributed by atoms with Crippen LogP contribution in [0.2, 0.25) is 0 Å². The number of anilines is 1. The van der Waals surface area contributed by atoms with Crippen molar-refractivity contribution in [3.05, 3.63) is 47.0 Å². The van der Waals surface area contributed by atoms with Gasteiger partial charge in [-0.1, -0.05) is 18.2 Å². The number of aromatic amines is 1. The highest BCUT2D eigenvalue weighted by atomic mass is 32.1. The van der Waals surface area contributed by atoms with Crippen LogP contribution in [0.3, 0.4) is 0 Å². The molecule has 1 aliphatic carbocycles. The first-order chi connectivity index (χ1) is 10.3. The van der Waals surface area contributed by atoms with Gasteiger partial charge < -0.3 is 5.32 Å². The van der Waals surface area contributed by atoms with Gasteiger partial charge in [0.2, 0.25) is 5.91 Å². The lowest BCUT2D eigenvalue weighted by Crippen LogP contribution is -2.14. The summed E-state index contributed by atoms with van der Waals surface area (Å²) in [5.74, 6) is 1.28. The maximum absolute atomic E-state index is 12.2. The second kappa shape index (κ2) is 5.00. The lowest BCUT2D eigenvalue weighted by Gasteiger charge is -2.01. The molecule has 0 radical (unpaired) electrons. The van der Waals surface area contributed by atoms with Gasteiger partial charge in [0.15, 0.2) is 0 Å². The molecule has 4 rings (SSSR count). The van der Waals surface area contributed by atoms with Crippen LogP contribution in [0.1, 0.15) is 30.0 Å². The fourth-order valence-corrected chi connectivity index (χ4v) is 3.49. The minimum atomic E-state index is -0.00968. The van der Waals surface area contributed by atoms with E-state index in [0.717, 1.165) is 11.3 Å². The molecule has 2 aromatic heterocycles. The van der Waals surface area contributed by atoms with Crippen molar-refractivity contribution < 1.29 is 4.79 Å². The zero-order valence-electron chi connectivity index (χ0n) is 11.4. The van der Waals surface area contributed by atoms with Gasteiger partial charge in [-0.2, -0.15) is 5.10 Å². The van der Waals surface area contributed by atoms with Crippen LogP contribution < -0.4 is 5.32 Å². The number of hydrogen-bond acceptors (Lipinski definition) is 3. The van der Waals surface area contributed by atoms with Crippen LogP contribution in [-0.4, -0.2) is 16.1 Å². The highest BCUT2D eigenvalue weighted by molar-refractivity contribution is 7.17. The molecule has 2 N–H and O–H groups in total. The van der Waals surface area contributed by atoms with E-state index in [1.54, 1.807) is 11.3 Å². The van der Waals surface area contributed by atoms with E-state index >= 15 is 0 Å². The summed E-state index contributed by atoms with van der Waals surface area (Å²) >= 11 is 1.68. The number of fused-ring (bicyclic) bond motifs is 1. The van der Waals surface area contributed by atoms with E-state index in [9.17, 15) is 4.79 Å². The Morgan fingerprint density at radius 3 is 3.10 bits per heavy atom. The fraction of sp³-hybridized carbons (Fsp3) is 0.250. The molecule has 0 spiro atoms. The quantitative estimate of drug-likeness (QED) is 0.771. The van der Waals surface area contributed by atoms with Crippen LogP contribution in [0.4, 0.5) is 5.82 Å². The molecule has 1 aromatic carbocycles. The molecule has 0 aliphatic heterocycles. The van der Waals surface area contributed by atoms with Gasteiger partial charge in [-0.3, -0.25) is 9.89 Å². The lowest BCUT2D eigenvalue weighted by atomic mass is 10.1. The summed E-state index contributed by atoms with van der Waals surface area (Å²) in [4.78, 5) is 12.2. The standard InChI is InChI=1S/C16H15N3OS/c20-16(17-15-8-13(18-19-15)10-5-6-10)7-11-9-21-14-4-2-1-3-12(11)14/h1-4,8-10H,5-7H2,(H2,17,18,19,20). The molecule has 106 valence electrons. The third kappa shape index (κ3) is 2.56. The second-order valence-electron chi connectivity index (χ2n) is 5.46. The molecule has 0 unspecified atom stereocenters. The van der Waals surface area contributed by atoms with Gasteiger partial charge in [-0.25, -0.2) is 0 Å². The molecule has 5 heteroatoms. The van der Waals surface area contributed by atoms with E-state index in [4.69, 9.17) is 0 Å². The van der Waals surface area contributed by atoms with E-state index in [2.05, 4.69) is 33.0 Å². The Hall–Kier alpha value is -2.14. The maximum atomic E-state index is 12.2. The first-order valence-corrected chi connectivity index (χ1v) is 7.98. The number of thiophene rings is 1. The highest BCUT2D eigenvalue weighted by Gasteiger charge is 2.26. The number of rotatable bonds is 4. The van der Waals surface area contributed by atoms with Gasteiger partial charge in [0.05, 0.1) is 12.1 Å². The molecule has 0 bridgehead atoms. The number of benzene rings is 1. The third-order valence-corrected chi connectivity index (χ3v) is 4.79. The van der Waals surface area contributed by atoms with Gasteiger partial charge >= 0.3 is 0 Å². The summed E-state index contributed by atoms with van der Waals surface area (Å²) < 4.78 is 1.22. The molecule has 2 heterocycles. The molecule has 1 fully saturated rings. The smallest absolute Gasteiger partial charge is 0.229 e. The molecule has 0 atom stereocenters. The Morgan fingerprint density at radius 1 is 1.38 bits per heavy atom. The largest absolute Gasteiger partial charge is 0.311 e. The van der Waals surface area contributed by atoms with Crippen molar-refractivity contribution in [3.63, 3.8) is 0 Å². The summed E-state index contributed by atoms with van der Waals surface area (Å²) in [6.07, 6.45) is 2.81. The van der Waals surface area contributed by atoms with E-state index in [1.807, 2.05) is 18.2 Å². The minimum Gasteiger partial charge on any atom is -0.311 e. The van der Waals surface area contributed by atoms with Crippen molar-refractivity contribution in [2.45, 2.75) is 25.2 Å². The van der Waals surface area contributed by atoms with Crippen LogP contribution in [0.15, 0.2) is 35.7 Å². The van der Waals surface area contributed by atoms with E-state index in [0.29, 0.717) is 18.2 Å². The van der Waals surface area contributed by atoms with Gasteiger partial charge in [0, 0.05) is 16.7 Å². The van der Waals surface area contributed by atoms with E-state index < -0.39 is 0 Å². The van der Waals surface area contributed by atoms with Gasteiger partial charge in [0.25, 0.3) is 0 Å². The normalized spacial score (nSPS) is 14.5. The number of aromatic nitrogens is 2. The predicted octanol–water partition coefficient (Wildman–Crippen LogP) is 3.68. The molecule has 21 heavy (non-hydrogen) atoms. The summed E-state index contributed by atoms with van der Waals surface area (Å²) in [6.45, 7) is 0. The summed E-state index contributed by atoms with van der Waals surface area (Å²) in [7, 11) is 0. The van der Waals surface area contributed by atoms with Crippen molar-refractivity contribution in [1.29, 1.82) is 0 Å². The first kappa shape index (κ1) is 12.6. The number of H-pyrrole nitrogens is 1. The number of nitrogens with one attached hydrogen (secondary N) is 2. The van der Waals surface area contributed by atoms with Gasteiger partial charge in [-0.15, -0.1) is 11.3 Å². The SMILES string of the molecule is O=C(Cc1csc2ccccc12)Nc1cc(C2CC2)n[nH]1. The number of amides is 1. The average Bonchev–Trinajstić information content (AvgIpc) is 3.12. The summed E-state index contributed by atoms with van der Waals surface area (Å²) in [5.41, 5.74) is 2.14. The van der Waals surface area contributed by atoms with Crippen LogP contribution in [-0.2, 0) is 11.2 Å². The van der Waals surface area contributed by atoms with Crippen LogP contribution in [0.5, 0.6) is 0 Å². The Balaban J connectivity index is 1.47. The molecule has 4 nitrogen and oxygen atoms in total. The summed E-state index contributed by atoms with van der Waals surface area (Å²) in [6, 6.07) is 10.1. The van der Waals surface area contributed by atoms with Gasteiger partial charge in [-0.05, 0) is 35.2 Å². The van der Waals surface area contributed by atoms with Crippen LogP contribution in [0.25, 0.3) is 10.1 Å². The Morgan fingerprint density at radius 2 is 2.24 bits per heavy atom. The molecule has 3 aromatic rings. The zero-order valence-corrected chi connectivity index (χ0v) is 12.2. The van der Waals surface area contributed by atoms with Crippen molar-refractivity contribution >= 4 is 33.1 Å². The first-order valence-electron chi connectivity index (χ1n) is 7.10. The number of nitrogens with zero attached hydrogens (tertiary/aromatic N) is 1. The molecular weight excluding hydrogens is 282 g/mol. The van der Waals surface area contributed by atoms with E-state index in [1.165, 1.54) is 22.9 Å². The fourth-order valence-electron chi connectivity index (χ4n) is 2.53. The molecule has 0 saturated heterocycles. The molecule has 1 saturated carbocycles. The summed E-state index contributed by atoms with van der Waals surface area (Å²) in [5, 5.41) is 13.3. The number of carbonyl (C=O) groups is 1. The molecule has 1 aliphatic rings. The van der Waals surface area contributed by atoms with Crippen LogP contribution in [0, 0.1) is 0 Å². The maximum Gasteiger partial charge on any atom is 0.229 e. The average molecular weight is 297 g/mol. The minimum absolute atomic E-state index is 0.00968. The number of hydrogen-bond donors (Lipinski definition) is 2. The topological polar surface area (TPSA) is 57.8 Å². The van der Waals surface area contributed by atoms with Crippen LogP contribution >= 0.6 is 11.3 Å². The van der Waals surface area contributed by atoms with Gasteiger partial charge in [0.1, 0.15) is 5.82 Å². The van der Waals surface area contributed by atoms with E-state index in [-0.39, 0.29) is 5.91 Å². The molecular formula is C16H15N3OS. The van der Waals surface area contributed by atoms with Crippen molar-refractivity contribution in [3.8, 4) is 0 Å². The lowest BCUT2D eigenvalue weighted by molar-refractivity contribution is -0.115. The number of carbonyl (C=O) groups excluding carboxylic acids is 1. The Kier molecular flexibility index (Phi) is 3.00. The van der Waals surface area contributed by atoms with Crippen molar-refractivity contribution in [1.82, 2.24) is 10.2 Å². The monoisotopic (exact) mass is 297 g/mol. The molecule has 1 amide bonds. The Bertz CT molecular complexity index is 801. The zero-order chi connectivity index (χ0) is 14.2. The second-order valence-corrected chi connectivity index (χ2v) is 6.37. The Labute approximate surface area is 126 Å². The van der Waals surface area contributed by atoms with Crippen molar-refractivity contribution in [2.75, 3.05) is 5.32 Å². The highest BCUT2D eigenvalue weighted by Crippen LogP contribution is 2.39.